The molecule has 0 aromatic carbocycles. The Kier molecular flexibility index (Phi) is 5.34. The minimum absolute atomic E-state index is 0.416. The van der Waals surface area contributed by atoms with Gasteiger partial charge in [0.15, 0.2) is 0 Å². The van der Waals surface area contributed by atoms with Crippen LogP contribution in [-0.4, -0.2) is 45.9 Å². The monoisotopic (exact) mass is 275 g/mol. The second-order valence-electron chi connectivity index (χ2n) is 5.94. The molecule has 0 bridgehead atoms. The molecule has 0 saturated heterocycles. The van der Waals surface area contributed by atoms with E-state index in [9.17, 15) is 14.4 Å². The minimum atomic E-state index is -1.34. The van der Waals surface area contributed by atoms with E-state index in [1.54, 1.807) is 41.5 Å². The van der Waals surface area contributed by atoms with Gasteiger partial charge < -0.3 is 14.6 Å². The number of nitrogens with zero attached hydrogens (tertiary/aromatic N) is 1. The molecule has 2 amide bonds. The fourth-order valence-electron chi connectivity index (χ4n) is 0.973. The summed E-state index contributed by atoms with van der Waals surface area (Å²) in [5.41, 5.74) is -1.67. The normalized spacial score (nSPS) is 11.7. The van der Waals surface area contributed by atoms with Crippen LogP contribution in [0, 0.1) is 0 Å². The number of ether oxygens (including phenoxy) is 2. The number of hydrogen-bond acceptors (Lipinski definition) is 5. The van der Waals surface area contributed by atoms with Crippen molar-refractivity contribution in [1.82, 2.24) is 4.90 Å². The molecule has 7 nitrogen and oxygen atoms in total. The van der Waals surface area contributed by atoms with E-state index in [0.29, 0.717) is 4.90 Å². The maximum Gasteiger partial charge on any atom is 0.420 e. The molecular formula is C12H21NO6. The fraction of sp³-hybridized carbons (Fsp3) is 0.750. The molecule has 19 heavy (non-hydrogen) atoms. The SMILES string of the molecule is CC(C)(C)OC(=O)N(CC(=O)O)C(=O)OC(C)(C)C. The van der Waals surface area contributed by atoms with E-state index in [2.05, 4.69) is 0 Å². The summed E-state index contributed by atoms with van der Waals surface area (Å²) in [4.78, 5) is 34.6. The molecule has 0 spiro atoms. The van der Waals surface area contributed by atoms with Crippen LogP contribution in [0.15, 0.2) is 0 Å². The Morgan fingerprint density at radius 3 is 1.42 bits per heavy atom. The van der Waals surface area contributed by atoms with Crippen LogP contribution in [0.3, 0.4) is 0 Å². The zero-order chi connectivity index (χ0) is 15.4. The minimum Gasteiger partial charge on any atom is -0.480 e. The maximum atomic E-state index is 11.8. The largest absolute Gasteiger partial charge is 0.480 e. The molecule has 0 aliphatic heterocycles. The highest BCUT2D eigenvalue weighted by Gasteiger charge is 2.32. The summed E-state index contributed by atoms with van der Waals surface area (Å²) >= 11 is 0. The van der Waals surface area contributed by atoms with E-state index in [1.807, 2.05) is 0 Å². The van der Waals surface area contributed by atoms with Gasteiger partial charge in [-0.1, -0.05) is 0 Å². The lowest BCUT2D eigenvalue weighted by Crippen LogP contribution is -2.45. The quantitative estimate of drug-likeness (QED) is 0.830. The number of amides is 2. The summed E-state index contributed by atoms with van der Waals surface area (Å²) in [6.07, 6.45) is -2.10. The summed E-state index contributed by atoms with van der Waals surface area (Å²) in [6, 6.07) is 0. The smallest absolute Gasteiger partial charge is 0.420 e. The summed E-state index contributed by atoms with van der Waals surface area (Å²) in [5.74, 6) is -1.34. The number of imide groups is 1. The van der Waals surface area contributed by atoms with Crippen LogP contribution in [0.5, 0.6) is 0 Å². The molecule has 1 N–H and O–H groups in total. The van der Waals surface area contributed by atoms with Crippen molar-refractivity contribution in [2.24, 2.45) is 0 Å². The molecule has 0 fully saturated rings. The van der Waals surface area contributed by atoms with Crippen molar-refractivity contribution < 1.29 is 29.0 Å². The molecule has 0 aliphatic rings. The van der Waals surface area contributed by atoms with Gasteiger partial charge in [-0.3, -0.25) is 4.79 Å². The lowest BCUT2D eigenvalue weighted by atomic mass is 10.2. The third kappa shape index (κ3) is 8.01. The molecule has 0 aliphatic carbocycles. The van der Waals surface area contributed by atoms with Gasteiger partial charge >= 0.3 is 18.2 Å². The Morgan fingerprint density at radius 2 is 1.21 bits per heavy atom. The highest BCUT2D eigenvalue weighted by Crippen LogP contribution is 2.14. The number of rotatable bonds is 2. The Labute approximate surface area is 112 Å². The van der Waals surface area contributed by atoms with Crippen LogP contribution in [-0.2, 0) is 14.3 Å². The van der Waals surface area contributed by atoms with Gasteiger partial charge in [-0.2, -0.15) is 0 Å². The van der Waals surface area contributed by atoms with E-state index in [-0.39, 0.29) is 0 Å². The first-order valence-corrected chi connectivity index (χ1v) is 5.77. The second kappa shape index (κ2) is 5.90. The van der Waals surface area contributed by atoms with Gasteiger partial charge in [-0.15, -0.1) is 0 Å². The average Bonchev–Trinajstić information content (AvgIpc) is 2.07. The van der Waals surface area contributed by atoms with Crippen molar-refractivity contribution in [1.29, 1.82) is 0 Å². The number of hydrogen-bond donors (Lipinski definition) is 1. The molecule has 0 aromatic rings. The highest BCUT2D eigenvalue weighted by atomic mass is 16.6. The summed E-state index contributed by atoms with van der Waals surface area (Å²) in [6.45, 7) is 8.84. The number of carboxylic acid groups (broad SMARTS) is 1. The highest BCUT2D eigenvalue weighted by molar-refractivity contribution is 5.91. The van der Waals surface area contributed by atoms with Crippen LogP contribution in [0.1, 0.15) is 41.5 Å². The Balaban J connectivity index is 4.95. The third-order valence-electron chi connectivity index (χ3n) is 1.52. The topological polar surface area (TPSA) is 93.1 Å². The summed E-state index contributed by atoms with van der Waals surface area (Å²) < 4.78 is 9.92. The third-order valence-corrected chi connectivity index (χ3v) is 1.52. The summed E-state index contributed by atoms with van der Waals surface area (Å²) in [5, 5.41) is 8.72. The van der Waals surface area contributed by atoms with Crippen molar-refractivity contribution in [3.8, 4) is 0 Å². The standard InChI is InChI=1S/C12H21NO6/c1-11(2,3)18-9(16)13(7-8(14)15)10(17)19-12(4,5)6/h7H2,1-6H3,(H,14,15). The number of carboxylic acids is 1. The van der Waals surface area contributed by atoms with Crippen LogP contribution < -0.4 is 0 Å². The molecule has 7 heteroatoms. The fourth-order valence-corrected chi connectivity index (χ4v) is 0.973. The van der Waals surface area contributed by atoms with Crippen molar-refractivity contribution in [2.45, 2.75) is 52.7 Å². The van der Waals surface area contributed by atoms with Crippen LogP contribution in [0.2, 0.25) is 0 Å². The van der Waals surface area contributed by atoms with Crippen molar-refractivity contribution >= 4 is 18.2 Å². The molecule has 110 valence electrons. The molecule has 0 rings (SSSR count). The Morgan fingerprint density at radius 1 is 0.895 bits per heavy atom. The van der Waals surface area contributed by atoms with Crippen molar-refractivity contribution in [3.05, 3.63) is 0 Å². The summed E-state index contributed by atoms with van der Waals surface area (Å²) in [7, 11) is 0. The molecule has 0 atom stereocenters. The first-order valence-electron chi connectivity index (χ1n) is 5.77. The lowest BCUT2D eigenvalue weighted by molar-refractivity contribution is -0.138. The van der Waals surface area contributed by atoms with Crippen molar-refractivity contribution in [2.75, 3.05) is 6.54 Å². The predicted molar refractivity (Wildman–Crippen MR) is 66.8 cm³/mol. The molecule has 0 unspecified atom stereocenters. The first kappa shape index (κ1) is 17.2. The Hall–Kier alpha value is -1.79. The van der Waals surface area contributed by atoms with E-state index in [4.69, 9.17) is 14.6 Å². The molecular weight excluding hydrogens is 254 g/mol. The van der Waals surface area contributed by atoms with E-state index >= 15 is 0 Å². The van der Waals surface area contributed by atoms with Crippen LogP contribution in [0.4, 0.5) is 9.59 Å². The van der Waals surface area contributed by atoms with Crippen LogP contribution >= 0.6 is 0 Å². The zero-order valence-electron chi connectivity index (χ0n) is 12.1. The Bertz CT molecular complexity index is 335. The van der Waals surface area contributed by atoms with Gasteiger partial charge in [0, 0.05) is 0 Å². The molecule has 0 radical (unpaired) electrons. The van der Waals surface area contributed by atoms with Gasteiger partial charge in [0.25, 0.3) is 0 Å². The van der Waals surface area contributed by atoms with Gasteiger partial charge in [0.05, 0.1) is 0 Å². The van der Waals surface area contributed by atoms with E-state index in [0.717, 1.165) is 0 Å². The number of carbonyl (C=O) groups is 3. The van der Waals surface area contributed by atoms with Gasteiger partial charge in [-0.25, -0.2) is 14.5 Å². The van der Waals surface area contributed by atoms with Crippen LogP contribution in [0.25, 0.3) is 0 Å². The number of carbonyl (C=O) groups excluding carboxylic acids is 2. The molecule has 0 heterocycles. The number of aliphatic carboxylic acids is 1. The maximum absolute atomic E-state index is 11.8. The van der Waals surface area contributed by atoms with Gasteiger partial charge in [0.1, 0.15) is 17.7 Å². The molecule has 0 aromatic heterocycles. The van der Waals surface area contributed by atoms with Gasteiger partial charge in [0.2, 0.25) is 0 Å². The van der Waals surface area contributed by atoms with E-state index in [1.165, 1.54) is 0 Å². The van der Waals surface area contributed by atoms with Gasteiger partial charge in [-0.05, 0) is 41.5 Å². The zero-order valence-corrected chi connectivity index (χ0v) is 12.1. The average molecular weight is 275 g/mol. The van der Waals surface area contributed by atoms with E-state index < -0.39 is 35.9 Å². The lowest BCUT2D eigenvalue weighted by Gasteiger charge is -2.27. The predicted octanol–water partition coefficient (Wildman–Crippen LogP) is 2.24. The second-order valence-corrected chi connectivity index (χ2v) is 5.94. The first-order chi connectivity index (χ1) is 8.32. The molecule has 0 saturated carbocycles. The van der Waals surface area contributed by atoms with Crippen molar-refractivity contribution in [3.63, 3.8) is 0 Å².